The van der Waals surface area contributed by atoms with Crippen molar-refractivity contribution in [2.45, 2.75) is 10.1 Å². The molecular formula is C27H20Cl2N2O2S. The lowest BCUT2D eigenvalue weighted by Gasteiger charge is -2.18. The van der Waals surface area contributed by atoms with Crippen LogP contribution in [0.2, 0.25) is 10.0 Å². The van der Waals surface area contributed by atoms with E-state index in [4.69, 9.17) is 23.2 Å². The molecule has 4 nitrogen and oxygen atoms in total. The number of carbonyl (C=O) groups is 2. The third-order valence-electron chi connectivity index (χ3n) is 4.88. The largest absolute Gasteiger partial charge is 0.325 e. The number of anilines is 2. The maximum atomic E-state index is 13.2. The number of nitrogens with one attached hydrogen (secondary N) is 2. The summed E-state index contributed by atoms with van der Waals surface area (Å²) >= 11 is 13.4. The van der Waals surface area contributed by atoms with Crippen molar-refractivity contribution >= 4 is 58.2 Å². The van der Waals surface area contributed by atoms with E-state index < -0.39 is 5.25 Å². The van der Waals surface area contributed by atoms with E-state index >= 15 is 0 Å². The quantitative estimate of drug-likeness (QED) is 0.252. The maximum Gasteiger partial charge on any atom is 0.255 e. The summed E-state index contributed by atoms with van der Waals surface area (Å²) in [4.78, 5) is 26.7. The van der Waals surface area contributed by atoms with Gasteiger partial charge >= 0.3 is 0 Å². The Bertz CT molecular complexity index is 1300. The van der Waals surface area contributed by atoms with Crippen LogP contribution in [0.25, 0.3) is 0 Å². The Morgan fingerprint density at radius 2 is 1.41 bits per heavy atom. The van der Waals surface area contributed by atoms with E-state index in [-0.39, 0.29) is 11.8 Å². The number of halogens is 2. The van der Waals surface area contributed by atoms with Crippen LogP contribution in [0.5, 0.6) is 0 Å². The summed E-state index contributed by atoms with van der Waals surface area (Å²) in [5.41, 5.74) is 2.63. The summed E-state index contributed by atoms with van der Waals surface area (Å²) in [6.45, 7) is 0. The van der Waals surface area contributed by atoms with Crippen molar-refractivity contribution < 1.29 is 9.59 Å². The third-order valence-corrected chi connectivity index (χ3v) is 6.62. The second-order valence-corrected chi connectivity index (χ2v) is 9.45. The molecule has 2 amide bonds. The highest BCUT2D eigenvalue weighted by molar-refractivity contribution is 8.00. The van der Waals surface area contributed by atoms with Crippen molar-refractivity contribution in [1.29, 1.82) is 0 Å². The molecule has 0 radical (unpaired) electrons. The van der Waals surface area contributed by atoms with Crippen molar-refractivity contribution in [2.24, 2.45) is 0 Å². The Balaban J connectivity index is 1.53. The van der Waals surface area contributed by atoms with Gasteiger partial charge in [-0.3, -0.25) is 9.59 Å². The highest BCUT2D eigenvalue weighted by atomic mass is 35.5. The molecule has 1 atom stereocenters. The Morgan fingerprint density at radius 3 is 2.15 bits per heavy atom. The van der Waals surface area contributed by atoms with Gasteiger partial charge in [-0.25, -0.2) is 0 Å². The summed E-state index contributed by atoms with van der Waals surface area (Å²) in [5, 5.41) is 6.44. The van der Waals surface area contributed by atoms with Gasteiger partial charge in [0, 0.05) is 31.9 Å². The molecule has 4 rings (SSSR count). The van der Waals surface area contributed by atoms with Gasteiger partial charge in [-0.15, -0.1) is 11.8 Å². The van der Waals surface area contributed by atoms with E-state index in [2.05, 4.69) is 10.6 Å². The van der Waals surface area contributed by atoms with E-state index in [1.807, 2.05) is 48.5 Å². The zero-order valence-corrected chi connectivity index (χ0v) is 20.2. The van der Waals surface area contributed by atoms with Crippen LogP contribution in [-0.4, -0.2) is 11.8 Å². The fourth-order valence-corrected chi connectivity index (χ4v) is 4.66. The molecule has 0 bridgehead atoms. The van der Waals surface area contributed by atoms with Crippen molar-refractivity contribution in [3.8, 4) is 0 Å². The summed E-state index contributed by atoms with van der Waals surface area (Å²) in [6.07, 6.45) is 0. The fourth-order valence-electron chi connectivity index (χ4n) is 3.26. The van der Waals surface area contributed by atoms with Gasteiger partial charge in [-0.2, -0.15) is 0 Å². The van der Waals surface area contributed by atoms with Crippen molar-refractivity contribution in [2.75, 3.05) is 10.6 Å². The van der Waals surface area contributed by atoms with Gasteiger partial charge in [-0.05, 0) is 66.2 Å². The van der Waals surface area contributed by atoms with Gasteiger partial charge in [0.15, 0.2) is 0 Å². The highest BCUT2D eigenvalue weighted by Gasteiger charge is 2.22. The predicted octanol–water partition coefficient (Wildman–Crippen LogP) is 7.72. The first-order valence-electron chi connectivity index (χ1n) is 10.4. The summed E-state index contributed by atoms with van der Waals surface area (Å²) in [5.74, 6) is -0.420. The molecule has 0 fully saturated rings. The first-order chi connectivity index (χ1) is 16.5. The van der Waals surface area contributed by atoms with Gasteiger partial charge in [0.05, 0.1) is 0 Å². The van der Waals surface area contributed by atoms with Crippen molar-refractivity contribution in [3.05, 3.63) is 124 Å². The Hall–Kier alpha value is -3.25. The molecule has 0 aliphatic heterocycles. The van der Waals surface area contributed by atoms with E-state index in [0.717, 1.165) is 10.5 Å². The molecule has 7 heteroatoms. The topological polar surface area (TPSA) is 58.2 Å². The normalized spacial score (nSPS) is 11.5. The van der Waals surface area contributed by atoms with Crippen LogP contribution in [-0.2, 0) is 4.79 Å². The van der Waals surface area contributed by atoms with Crippen LogP contribution >= 0.6 is 35.0 Å². The molecule has 0 aliphatic rings. The number of hydrogen-bond donors (Lipinski definition) is 2. The number of thioether (sulfide) groups is 1. The lowest BCUT2D eigenvalue weighted by molar-refractivity contribution is -0.115. The van der Waals surface area contributed by atoms with E-state index in [0.29, 0.717) is 27.0 Å². The van der Waals surface area contributed by atoms with E-state index in [1.54, 1.807) is 54.6 Å². The summed E-state index contributed by atoms with van der Waals surface area (Å²) < 4.78 is 0. The van der Waals surface area contributed by atoms with Gasteiger partial charge in [0.1, 0.15) is 5.25 Å². The molecule has 0 saturated carbocycles. The minimum Gasteiger partial charge on any atom is -0.325 e. The predicted molar refractivity (Wildman–Crippen MR) is 141 cm³/mol. The molecule has 4 aromatic rings. The van der Waals surface area contributed by atoms with Crippen LogP contribution in [0.3, 0.4) is 0 Å². The van der Waals surface area contributed by atoms with Crippen LogP contribution < -0.4 is 10.6 Å². The Kier molecular flexibility index (Phi) is 7.91. The van der Waals surface area contributed by atoms with E-state index in [9.17, 15) is 9.59 Å². The standard InChI is InChI=1S/C27H20Cl2N2O2S/c28-20-12-14-22(15-13-20)30-27(33)25(18-6-2-1-3-7-18)34-24-11-5-10-23(17-24)31-26(32)19-8-4-9-21(29)16-19/h1-17,25H,(H,30,33)(H,31,32). The smallest absolute Gasteiger partial charge is 0.255 e. The van der Waals surface area contributed by atoms with Crippen molar-refractivity contribution in [1.82, 2.24) is 0 Å². The first kappa shape index (κ1) is 23.9. The first-order valence-corrected chi connectivity index (χ1v) is 12.1. The Morgan fingerprint density at radius 1 is 0.676 bits per heavy atom. The van der Waals surface area contributed by atoms with Crippen LogP contribution in [0, 0.1) is 0 Å². The minimum atomic E-state index is -0.504. The highest BCUT2D eigenvalue weighted by Crippen LogP contribution is 2.37. The number of hydrogen-bond acceptors (Lipinski definition) is 3. The SMILES string of the molecule is O=C(Nc1cccc(SC(C(=O)Nc2ccc(Cl)cc2)c2ccccc2)c1)c1cccc(Cl)c1. The maximum absolute atomic E-state index is 13.2. The van der Waals surface area contributed by atoms with Gasteiger partial charge in [0.25, 0.3) is 5.91 Å². The van der Waals surface area contributed by atoms with Gasteiger partial charge in [-0.1, -0.05) is 65.7 Å². The third kappa shape index (κ3) is 6.41. The van der Waals surface area contributed by atoms with Crippen LogP contribution in [0.1, 0.15) is 21.2 Å². The van der Waals surface area contributed by atoms with Gasteiger partial charge < -0.3 is 10.6 Å². The van der Waals surface area contributed by atoms with Crippen molar-refractivity contribution in [3.63, 3.8) is 0 Å². The van der Waals surface area contributed by atoms with Gasteiger partial charge in [0.2, 0.25) is 5.91 Å². The lowest BCUT2D eigenvalue weighted by atomic mass is 10.1. The molecule has 0 spiro atoms. The number of rotatable bonds is 7. The van der Waals surface area contributed by atoms with Crippen LogP contribution in [0.15, 0.2) is 108 Å². The fraction of sp³-hybridized carbons (Fsp3) is 0.0370. The molecule has 2 N–H and O–H groups in total. The number of benzene rings is 4. The summed E-state index contributed by atoms with van der Waals surface area (Å²) in [7, 11) is 0. The zero-order chi connectivity index (χ0) is 23.9. The molecule has 170 valence electrons. The van der Waals surface area contributed by atoms with Crippen LogP contribution in [0.4, 0.5) is 11.4 Å². The average molecular weight is 507 g/mol. The molecule has 0 aliphatic carbocycles. The molecule has 0 aromatic heterocycles. The number of carbonyl (C=O) groups excluding carboxylic acids is 2. The molecule has 1 unspecified atom stereocenters. The Labute approximate surface area is 212 Å². The number of amides is 2. The average Bonchev–Trinajstić information content (AvgIpc) is 2.84. The second kappa shape index (κ2) is 11.3. The second-order valence-electron chi connectivity index (χ2n) is 7.40. The molecule has 34 heavy (non-hydrogen) atoms. The molecule has 0 saturated heterocycles. The zero-order valence-electron chi connectivity index (χ0n) is 17.9. The molecule has 4 aromatic carbocycles. The lowest BCUT2D eigenvalue weighted by Crippen LogP contribution is -2.19. The monoisotopic (exact) mass is 506 g/mol. The van der Waals surface area contributed by atoms with E-state index in [1.165, 1.54) is 11.8 Å². The molecular weight excluding hydrogens is 487 g/mol. The minimum absolute atomic E-state index is 0.160. The molecule has 0 heterocycles. The summed E-state index contributed by atoms with van der Waals surface area (Å²) in [6, 6.07) is 30.7.